The van der Waals surface area contributed by atoms with E-state index in [1.807, 2.05) is 0 Å². The number of benzene rings is 1. The third-order valence-electron chi connectivity index (χ3n) is 2.94. The summed E-state index contributed by atoms with van der Waals surface area (Å²) in [6.07, 6.45) is -3.17. The summed E-state index contributed by atoms with van der Waals surface area (Å²) in [5, 5.41) is 28.7. The van der Waals surface area contributed by atoms with E-state index < -0.39 is 24.1 Å². The number of rotatable bonds is 5. The first-order valence-electron chi connectivity index (χ1n) is 6.16. The molecule has 0 bridgehead atoms. The van der Waals surface area contributed by atoms with E-state index in [2.05, 4.69) is 4.74 Å². The van der Waals surface area contributed by atoms with Gasteiger partial charge in [-0.3, -0.25) is 0 Å². The molecule has 0 aromatic heterocycles. The fourth-order valence-electron chi connectivity index (χ4n) is 2.04. The number of carbonyl (C=O) groups is 2. The summed E-state index contributed by atoms with van der Waals surface area (Å²) in [7, 11) is 0. The van der Waals surface area contributed by atoms with Gasteiger partial charge in [0, 0.05) is 0 Å². The second-order valence-corrected chi connectivity index (χ2v) is 4.48. The Morgan fingerprint density at radius 2 is 1.70 bits per heavy atom. The van der Waals surface area contributed by atoms with Gasteiger partial charge in [0.1, 0.15) is 6.10 Å². The summed E-state index contributed by atoms with van der Waals surface area (Å²) < 4.78 is 4.63. The molecule has 1 rings (SSSR count). The Balaban J connectivity index is 3.09. The molecule has 2 unspecified atom stereocenters. The first kappa shape index (κ1) is 16.1. The molecule has 0 fully saturated rings. The fourth-order valence-corrected chi connectivity index (χ4v) is 2.04. The number of ether oxygens (including phenoxy) is 1. The van der Waals surface area contributed by atoms with E-state index in [0.717, 1.165) is 0 Å². The molecule has 0 aliphatic rings. The van der Waals surface area contributed by atoms with Crippen molar-refractivity contribution in [2.24, 2.45) is 0 Å². The van der Waals surface area contributed by atoms with Gasteiger partial charge < -0.3 is 20.1 Å². The summed E-state index contributed by atoms with van der Waals surface area (Å²) in [6.45, 7) is 4.86. The number of hydrogen-bond donors (Lipinski definition) is 3. The van der Waals surface area contributed by atoms with Crippen LogP contribution < -0.4 is 0 Å². The Bertz CT molecular complexity index is 499. The zero-order valence-corrected chi connectivity index (χ0v) is 11.6. The molecule has 1 aromatic carbocycles. The number of carboxylic acid groups (broad SMARTS) is 1. The number of aryl methyl sites for hydroxylation is 2. The topological polar surface area (TPSA) is 104 Å². The van der Waals surface area contributed by atoms with Crippen molar-refractivity contribution in [2.45, 2.75) is 33.0 Å². The van der Waals surface area contributed by atoms with E-state index in [0.29, 0.717) is 11.1 Å². The third-order valence-corrected chi connectivity index (χ3v) is 2.94. The van der Waals surface area contributed by atoms with Gasteiger partial charge >= 0.3 is 11.9 Å². The molecule has 3 N–H and O–H groups in total. The zero-order valence-electron chi connectivity index (χ0n) is 11.6. The molecule has 0 spiro atoms. The number of aliphatic hydroxyl groups is 2. The van der Waals surface area contributed by atoms with Gasteiger partial charge in [-0.1, -0.05) is 12.1 Å². The average molecular weight is 282 g/mol. The Morgan fingerprint density at radius 3 is 2.10 bits per heavy atom. The second kappa shape index (κ2) is 6.49. The Kier molecular flexibility index (Phi) is 5.24. The molecule has 0 saturated carbocycles. The van der Waals surface area contributed by atoms with Crippen molar-refractivity contribution < 1.29 is 29.6 Å². The van der Waals surface area contributed by atoms with Crippen molar-refractivity contribution in [3.05, 3.63) is 34.4 Å². The van der Waals surface area contributed by atoms with Crippen molar-refractivity contribution in [3.63, 3.8) is 0 Å². The Hall–Kier alpha value is -1.92. The quantitative estimate of drug-likeness (QED) is 0.695. The lowest BCUT2D eigenvalue weighted by Gasteiger charge is -2.18. The smallest absolute Gasteiger partial charge is 0.338 e. The maximum Gasteiger partial charge on any atom is 0.338 e. The molecule has 0 radical (unpaired) electrons. The van der Waals surface area contributed by atoms with Gasteiger partial charge in [-0.05, 0) is 37.5 Å². The van der Waals surface area contributed by atoms with Crippen molar-refractivity contribution in [1.82, 2.24) is 0 Å². The highest BCUT2D eigenvalue weighted by molar-refractivity contribution is 5.91. The zero-order chi connectivity index (χ0) is 15.4. The minimum atomic E-state index is -1.70. The maximum atomic E-state index is 11.4. The Morgan fingerprint density at radius 1 is 1.20 bits per heavy atom. The van der Waals surface area contributed by atoms with Gasteiger partial charge in [-0.25, -0.2) is 9.59 Å². The third kappa shape index (κ3) is 3.34. The monoisotopic (exact) mass is 282 g/mol. The van der Waals surface area contributed by atoms with Crippen LogP contribution in [0.2, 0.25) is 0 Å². The van der Waals surface area contributed by atoms with E-state index in [4.69, 9.17) is 5.11 Å². The summed E-state index contributed by atoms with van der Waals surface area (Å²) in [4.78, 5) is 22.4. The lowest BCUT2D eigenvalue weighted by Crippen LogP contribution is -2.30. The van der Waals surface area contributed by atoms with Gasteiger partial charge in [-0.15, -0.1) is 0 Å². The summed E-state index contributed by atoms with van der Waals surface area (Å²) >= 11 is 0. The standard InChI is InChI=1S/C14H18O6/c1-4-20-14(19)12(16)11(15)9-5-7(2)10(13(17)18)8(3)6-9/h5-6,11-12,15-16H,4H2,1-3H3,(H,17,18). The first-order valence-corrected chi connectivity index (χ1v) is 6.16. The number of esters is 1. The highest BCUT2D eigenvalue weighted by Gasteiger charge is 2.28. The highest BCUT2D eigenvalue weighted by atomic mass is 16.5. The van der Waals surface area contributed by atoms with Crippen LogP contribution in [0.3, 0.4) is 0 Å². The molecule has 1 aromatic rings. The average Bonchev–Trinajstić information content (AvgIpc) is 2.35. The molecular weight excluding hydrogens is 264 g/mol. The van der Waals surface area contributed by atoms with Crippen LogP contribution >= 0.6 is 0 Å². The molecule has 0 aliphatic heterocycles. The first-order chi connectivity index (χ1) is 9.29. The molecule has 0 amide bonds. The molecule has 6 heteroatoms. The highest BCUT2D eigenvalue weighted by Crippen LogP contribution is 2.24. The summed E-state index contributed by atoms with van der Waals surface area (Å²) in [5.74, 6) is -1.98. The normalized spacial score (nSPS) is 13.7. The van der Waals surface area contributed by atoms with Crippen LogP contribution in [0.1, 0.15) is 40.1 Å². The minimum Gasteiger partial charge on any atom is -0.478 e. The van der Waals surface area contributed by atoms with Crippen molar-refractivity contribution >= 4 is 11.9 Å². The number of aromatic carboxylic acids is 1. The summed E-state index contributed by atoms with van der Waals surface area (Å²) in [5.41, 5.74) is 1.31. The molecule has 2 atom stereocenters. The van der Waals surface area contributed by atoms with Crippen LogP contribution in [-0.2, 0) is 9.53 Å². The van der Waals surface area contributed by atoms with Crippen LogP contribution in [0.25, 0.3) is 0 Å². The van der Waals surface area contributed by atoms with Crippen LogP contribution in [0.15, 0.2) is 12.1 Å². The van der Waals surface area contributed by atoms with E-state index in [9.17, 15) is 19.8 Å². The number of aliphatic hydroxyl groups excluding tert-OH is 2. The van der Waals surface area contributed by atoms with Gasteiger partial charge in [0.25, 0.3) is 0 Å². The predicted molar refractivity (Wildman–Crippen MR) is 70.5 cm³/mol. The minimum absolute atomic E-state index is 0.0959. The molecular formula is C14H18O6. The van der Waals surface area contributed by atoms with Crippen molar-refractivity contribution in [2.75, 3.05) is 6.61 Å². The van der Waals surface area contributed by atoms with Crippen LogP contribution in [0.5, 0.6) is 0 Å². The second-order valence-electron chi connectivity index (χ2n) is 4.48. The molecule has 0 saturated heterocycles. The van der Waals surface area contributed by atoms with Gasteiger partial charge in [0.15, 0.2) is 6.10 Å². The lowest BCUT2D eigenvalue weighted by molar-refractivity contribution is -0.159. The van der Waals surface area contributed by atoms with E-state index in [-0.39, 0.29) is 17.7 Å². The largest absolute Gasteiger partial charge is 0.478 e. The molecule has 0 heterocycles. The molecule has 0 aliphatic carbocycles. The maximum absolute atomic E-state index is 11.4. The molecule has 6 nitrogen and oxygen atoms in total. The van der Waals surface area contributed by atoms with E-state index in [1.165, 1.54) is 12.1 Å². The van der Waals surface area contributed by atoms with E-state index >= 15 is 0 Å². The number of carbonyl (C=O) groups excluding carboxylic acids is 1. The molecule has 110 valence electrons. The van der Waals surface area contributed by atoms with Gasteiger partial charge in [0.2, 0.25) is 0 Å². The fraction of sp³-hybridized carbons (Fsp3) is 0.429. The van der Waals surface area contributed by atoms with Gasteiger partial charge in [-0.2, -0.15) is 0 Å². The Labute approximate surface area is 116 Å². The van der Waals surface area contributed by atoms with Crippen molar-refractivity contribution in [1.29, 1.82) is 0 Å². The summed E-state index contributed by atoms with van der Waals surface area (Å²) in [6, 6.07) is 2.87. The molecule has 20 heavy (non-hydrogen) atoms. The van der Waals surface area contributed by atoms with Gasteiger partial charge in [0.05, 0.1) is 12.2 Å². The number of hydrogen-bond acceptors (Lipinski definition) is 5. The number of carboxylic acids is 1. The van der Waals surface area contributed by atoms with Crippen LogP contribution in [0, 0.1) is 13.8 Å². The SMILES string of the molecule is CCOC(=O)C(O)C(O)c1cc(C)c(C(=O)O)c(C)c1. The van der Waals surface area contributed by atoms with E-state index in [1.54, 1.807) is 20.8 Å². The van der Waals surface area contributed by atoms with Crippen molar-refractivity contribution in [3.8, 4) is 0 Å². The predicted octanol–water partition coefficient (Wildman–Crippen LogP) is 0.959. The van der Waals surface area contributed by atoms with Crippen LogP contribution in [-0.4, -0.2) is 40.0 Å². The lowest BCUT2D eigenvalue weighted by atomic mass is 9.95. The van der Waals surface area contributed by atoms with Crippen LogP contribution in [0.4, 0.5) is 0 Å².